The molecular formula is C12H13BBrF3O2. The molecule has 2 nitrogen and oxygen atoms in total. The second kappa shape index (κ2) is 5.11. The van der Waals surface area contributed by atoms with Gasteiger partial charge in [-0.2, -0.15) is 13.2 Å². The van der Waals surface area contributed by atoms with Crippen molar-refractivity contribution < 1.29 is 22.5 Å². The lowest BCUT2D eigenvalue weighted by Gasteiger charge is -2.33. The Kier molecular flexibility index (Phi) is 4.00. The van der Waals surface area contributed by atoms with E-state index in [4.69, 9.17) is 9.31 Å². The van der Waals surface area contributed by atoms with Gasteiger partial charge >= 0.3 is 13.3 Å². The Balaban J connectivity index is 2.23. The van der Waals surface area contributed by atoms with Crippen LogP contribution in [0.25, 0.3) is 0 Å². The predicted octanol–water partition coefficient (Wildman–Crippen LogP) is 3.24. The highest BCUT2D eigenvalue weighted by molar-refractivity contribution is 9.10. The van der Waals surface area contributed by atoms with Crippen LogP contribution in [-0.2, 0) is 15.5 Å². The monoisotopic (exact) mass is 336 g/mol. The summed E-state index contributed by atoms with van der Waals surface area (Å²) in [4.78, 5) is 0. The first-order valence-electron chi connectivity index (χ1n) is 5.79. The molecule has 0 aliphatic carbocycles. The van der Waals surface area contributed by atoms with Crippen LogP contribution in [0.4, 0.5) is 13.2 Å². The van der Waals surface area contributed by atoms with E-state index in [-0.39, 0.29) is 9.89 Å². The SMILES string of the molecule is CC1(C)COB(c2ccc(Br)c(C(F)(F)F)c2)OC1. The van der Waals surface area contributed by atoms with Gasteiger partial charge in [0.25, 0.3) is 0 Å². The van der Waals surface area contributed by atoms with Crippen molar-refractivity contribution in [2.75, 3.05) is 13.2 Å². The summed E-state index contributed by atoms with van der Waals surface area (Å²) >= 11 is 2.91. The number of halogens is 4. The van der Waals surface area contributed by atoms with Crippen molar-refractivity contribution in [2.45, 2.75) is 20.0 Å². The minimum absolute atomic E-state index is 0.0138. The fourth-order valence-corrected chi connectivity index (χ4v) is 2.26. The summed E-state index contributed by atoms with van der Waals surface area (Å²) in [5.41, 5.74) is -0.452. The van der Waals surface area contributed by atoms with Crippen LogP contribution in [-0.4, -0.2) is 20.3 Å². The minimum Gasteiger partial charge on any atom is -0.407 e. The Morgan fingerprint density at radius 3 is 2.32 bits per heavy atom. The molecule has 104 valence electrons. The molecule has 0 bridgehead atoms. The Labute approximate surface area is 118 Å². The zero-order valence-electron chi connectivity index (χ0n) is 10.6. The first-order valence-corrected chi connectivity index (χ1v) is 6.58. The summed E-state index contributed by atoms with van der Waals surface area (Å²) in [5.74, 6) is 0. The maximum absolute atomic E-state index is 12.8. The molecule has 0 radical (unpaired) electrons. The molecule has 19 heavy (non-hydrogen) atoms. The van der Waals surface area contributed by atoms with E-state index in [1.54, 1.807) is 6.07 Å². The number of hydrogen-bond donors (Lipinski definition) is 0. The first kappa shape index (κ1) is 14.9. The molecular weight excluding hydrogens is 324 g/mol. The van der Waals surface area contributed by atoms with Crippen LogP contribution < -0.4 is 5.46 Å². The summed E-state index contributed by atoms with van der Waals surface area (Å²) < 4.78 is 49.4. The van der Waals surface area contributed by atoms with E-state index in [9.17, 15) is 13.2 Å². The number of rotatable bonds is 1. The van der Waals surface area contributed by atoms with Crippen molar-refractivity contribution in [3.05, 3.63) is 28.2 Å². The van der Waals surface area contributed by atoms with E-state index in [0.717, 1.165) is 6.07 Å². The lowest BCUT2D eigenvalue weighted by atomic mass is 9.75. The maximum Gasteiger partial charge on any atom is 0.493 e. The summed E-state index contributed by atoms with van der Waals surface area (Å²) in [6.45, 7) is 4.86. The van der Waals surface area contributed by atoms with E-state index in [2.05, 4.69) is 15.9 Å². The molecule has 1 aromatic carbocycles. The molecule has 0 atom stereocenters. The van der Waals surface area contributed by atoms with E-state index in [1.165, 1.54) is 6.07 Å². The van der Waals surface area contributed by atoms with Crippen LogP contribution in [0.5, 0.6) is 0 Å². The van der Waals surface area contributed by atoms with Crippen molar-refractivity contribution in [3.63, 3.8) is 0 Å². The van der Waals surface area contributed by atoms with Gasteiger partial charge < -0.3 is 9.31 Å². The highest BCUT2D eigenvalue weighted by Gasteiger charge is 2.37. The molecule has 1 aromatic rings. The third kappa shape index (κ3) is 3.52. The van der Waals surface area contributed by atoms with Crippen LogP contribution in [0, 0.1) is 5.41 Å². The fraction of sp³-hybridized carbons (Fsp3) is 0.500. The van der Waals surface area contributed by atoms with Gasteiger partial charge in [0.1, 0.15) is 0 Å². The lowest BCUT2D eigenvalue weighted by Crippen LogP contribution is -2.47. The minimum atomic E-state index is -4.40. The Bertz CT molecular complexity index is 467. The lowest BCUT2D eigenvalue weighted by molar-refractivity contribution is -0.138. The number of alkyl halides is 3. The van der Waals surface area contributed by atoms with Crippen LogP contribution >= 0.6 is 15.9 Å². The van der Waals surface area contributed by atoms with E-state index in [0.29, 0.717) is 18.7 Å². The van der Waals surface area contributed by atoms with Gasteiger partial charge in [0.2, 0.25) is 0 Å². The summed E-state index contributed by atoms with van der Waals surface area (Å²) in [5, 5.41) is 0. The molecule has 0 aromatic heterocycles. The van der Waals surface area contributed by atoms with Gasteiger partial charge in [-0.1, -0.05) is 35.8 Å². The Morgan fingerprint density at radius 2 is 1.79 bits per heavy atom. The van der Waals surface area contributed by atoms with E-state index in [1.807, 2.05) is 13.8 Å². The van der Waals surface area contributed by atoms with Crippen LogP contribution in [0.15, 0.2) is 22.7 Å². The Morgan fingerprint density at radius 1 is 1.21 bits per heavy atom. The molecule has 1 aliphatic rings. The standard InChI is InChI=1S/C12H13BBrF3O2/c1-11(2)6-18-13(19-7-11)8-3-4-10(14)9(5-8)12(15,16)17/h3-5H,6-7H2,1-2H3. The van der Waals surface area contributed by atoms with Gasteiger partial charge in [-0.15, -0.1) is 0 Å². The van der Waals surface area contributed by atoms with Crippen LogP contribution in [0.1, 0.15) is 19.4 Å². The smallest absolute Gasteiger partial charge is 0.407 e. The van der Waals surface area contributed by atoms with Gasteiger partial charge in [0, 0.05) is 23.1 Å². The van der Waals surface area contributed by atoms with E-state index >= 15 is 0 Å². The normalized spacial score (nSPS) is 19.6. The highest BCUT2D eigenvalue weighted by atomic mass is 79.9. The highest BCUT2D eigenvalue weighted by Crippen LogP contribution is 2.34. The van der Waals surface area contributed by atoms with Gasteiger partial charge in [0.05, 0.1) is 5.56 Å². The average Bonchev–Trinajstić information content (AvgIpc) is 2.28. The largest absolute Gasteiger partial charge is 0.493 e. The van der Waals surface area contributed by atoms with Gasteiger partial charge in [-0.3, -0.25) is 0 Å². The summed E-state index contributed by atoms with van der Waals surface area (Å²) in [7, 11) is -0.734. The molecule has 0 spiro atoms. The van der Waals surface area contributed by atoms with Gasteiger partial charge in [-0.05, 0) is 17.6 Å². The number of benzene rings is 1. The predicted molar refractivity (Wildman–Crippen MR) is 70.2 cm³/mol. The second-order valence-electron chi connectivity index (χ2n) is 5.36. The molecule has 1 saturated heterocycles. The van der Waals surface area contributed by atoms with Crippen LogP contribution in [0.3, 0.4) is 0 Å². The van der Waals surface area contributed by atoms with Crippen molar-refractivity contribution in [1.29, 1.82) is 0 Å². The van der Waals surface area contributed by atoms with Gasteiger partial charge in [-0.25, -0.2) is 0 Å². The van der Waals surface area contributed by atoms with Crippen molar-refractivity contribution in [3.8, 4) is 0 Å². The zero-order chi connectivity index (χ0) is 14.3. The van der Waals surface area contributed by atoms with Crippen molar-refractivity contribution in [1.82, 2.24) is 0 Å². The molecule has 0 N–H and O–H groups in total. The molecule has 0 amide bonds. The molecule has 7 heteroatoms. The van der Waals surface area contributed by atoms with E-state index < -0.39 is 18.9 Å². The topological polar surface area (TPSA) is 18.5 Å². The molecule has 1 heterocycles. The third-order valence-corrected chi connectivity index (χ3v) is 3.51. The molecule has 0 saturated carbocycles. The third-order valence-electron chi connectivity index (χ3n) is 2.82. The fourth-order valence-electron chi connectivity index (χ4n) is 1.79. The quantitative estimate of drug-likeness (QED) is 0.733. The zero-order valence-corrected chi connectivity index (χ0v) is 12.1. The number of hydrogen-bond acceptors (Lipinski definition) is 2. The van der Waals surface area contributed by atoms with Crippen molar-refractivity contribution >= 4 is 28.5 Å². The maximum atomic E-state index is 12.8. The second-order valence-corrected chi connectivity index (χ2v) is 6.21. The molecule has 2 rings (SSSR count). The van der Waals surface area contributed by atoms with Crippen molar-refractivity contribution in [2.24, 2.45) is 5.41 Å². The first-order chi connectivity index (χ1) is 8.69. The van der Waals surface area contributed by atoms with Crippen LogP contribution in [0.2, 0.25) is 0 Å². The Hall–Kier alpha value is -0.525. The summed E-state index contributed by atoms with van der Waals surface area (Å²) in [6, 6.07) is 4.00. The average molecular weight is 337 g/mol. The van der Waals surface area contributed by atoms with Gasteiger partial charge in [0.15, 0.2) is 0 Å². The molecule has 1 fully saturated rings. The molecule has 1 aliphatic heterocycles. The molecule has 0 unspecified atom stereocenters. The summed E-state index contributed by atoms with van der Waals surface area (Å²) in [6.07, 6.45) is -4.40.